The molecule has 2 rings (SSSR count). The van der Waals surface area contributed by atoms with E-state index in [1.54, 1.807) is 12.5 Å². The molecule has 0 fully saturated rings. The Morgan fingerprint density at radius 1 is 1.00 bits per heavy atom. The molecule has 0 radical (unpaired) electrons. The van der Waals surface area contributed by atoms with E-state index in [0.29, 0.717) is 11.8 Å². The van der Waals surface area contributed by atoms with Gasteiger partial charge in [-0.15, -0.1) is 0 Å². The first-order valence-electron chi connectivity index (χ1n) is 11.5. The molecule has 2 unspecified atom stereocenters. The van der Waals surface area contributed by atoms with Gasteiger partial charge in [-0.1, -0.05) is 55.4 Å². The Morgan fingerprint density at radius 3 is 1.86 bits per heavy atom. The van der Waals surface area contributed by atoms with Crippen LogP contribution in [0, 0.1) is 29.6 Å². The first kappa shape index (κ1) is 24.9. The van der Waals surface area contributed by atoms with E-state index in [0.717, 1.165) is 0 Å². The Hall–Kier alpha value is -1.18. The zero-order chi connectivity index (χ0) is 21.6. The van der Waals surface area contributed by atoms with Gasteiger partial charge in [0.1, 0.15) is 5.60 Å². The van der Waals surface area contributed by atoms with Crippen LogP contribution in [0.2, 0.25) is 0 Å². The largest absolute Gasteiger partial charge is 0.493 e. The number of ether oxygens (including phenoxy) is 1. The highest BCUT2D eigenvalue weighted by Crippen LogP contribution is 2.65. The summed E-state index contributed by atoms with van der Waals surface area (Å²) in [6, 6.07) is 1.92. The zero-order valence-electron chi connectivity index (χ0n) is 20.3. The molecule has 1 aliphatic rings. The van der Waals surface area contributed by atoms with Crippen molar-refractivity contribution in [2.75, 3.05) is 0 Å². The highest BCUT2D eigenvalue weighted by atomic mass is 16.5. The Balaban J connectivity index is 0.000000552. The summed E-state index contributed by atoms with van der Waals surface area (Å²) < 4.78 is 11.5. The maximum Gasteiger partial charge on any atom is 0.126 e. The van der Waals surface area contributed by atoms with Crippen molar-refractivity contribution in [3.8, 4) is 0 Å². The molecule has 1 aliphatic heterocycles. The van der Waals surface area contributed by atoms with Gasteiger partial charge in [0.25, 0.3) is 0 Å². The third-order valence-corrected chi connectivity index (χ3v) is 7.98. The number of hydrogen-bond donors (Lipinski definition) is 0. The lowest BCUT2D eigenvalue weighted by atomic mass is 9.48. The van der Waals surface area contributed by atoms with Crippen LogP contribution in [0.25, 0.3) is 0 Å². The van der Waals surface area contributed by atoms with Gasteiger partial charge in [0.15, 0.2) is 0 Å². The van der Waals surface area contributed by atoms with Gasteiger partial charge in [-0.2, -0.15) is 0 Å². The summed E-state index contributed by atoms with van der Waals surface area (Å²) in [7, 11) is 0. The fourth-order valence-electron chi connectivity index (χ4n) is 5.98. The quantitative estimate of drug-likeness (QED) is 0.443. The number of hydrogen-bond acceptors (Lipinski definition) is 2. The molecule has 2 atom stereocenters. The van der Waals surface area contributed by atoms with Crippen LogP contribution < -0.4 is 0 Å². The molecule has 162 valence electrons. The predicted molar refractivity (Wildman–Crippen MR) is 121 cm³/mol. The van der Waals surface area contributed by atoms with Gasteiger partial charge in [0.2, 0.25) is 0 Å². The van der Waals surface area contributed by atoms with Crippen molar-refractivity contribution in [3.05, 3.63) is 36.0 Å². The molecule has 1 aromatic heterocycles. The van der Waals surface area contributed by atoms with Crippen LogP contribution >= 0.6 is 0 Å². The molecule has 0 bridgehead atoms. The second-order valence-electron chi connectivity index (χ2n) is 9.27. The molecule has 0 saturated carbocycles. The van der Waals surface area contributed by atoms with E-state index in [-0.39, 0.29) is 16.4 Å². The fraction of sp³-hybridized carbons (Fsp3) is 0.769. The topological polar surface area (TPSA) is 22.4 Å². The van der Waals surface area contributed by atoms with Crippen molar-refractivity contribution < 1.29 is 9.15 Å². The van der Waals surface area contributed by atoms with Crippen LogP contribution in [-0.4, -0.2) is 5.60 Å². The molecule has 2 heteroatoms. The summed E-state index contributed by atoms with van der Waals surface area (Å²) in [6.07, 6.45) is 11.4. The minimum absolute atomic E-state index is 0.0694. The summed E-state index contributed by atoms with van der Waals surface area (Å²) in [5, 5.41) is 0. The molecule has 0 amide bonds. The molecule has 0 N–H and O–H groups in total. The Kier molecular flexibility index (Phi) is 8.91. The van der Waals surface area contributed by atoms with Crippen molar-refractivity contribution in [2.45, 2.75) is 107 Å². The fourth-order valence-corrected chi connectivity index (χ4v) is 5.98. The SMILES string of the molecule is CCC(C(C)C)C1(C(C)(CC)CC)OC=C(C)C1(CC)CC.Cc1ccoc1. The third-order valence-electron chi connectivity index (χ3n) is 7.98. The van der Waals surface area contributed by atoms with Gasteiger partial charge < -0.3 is 9.15 Å². The molecule has 2 heterocycles. The van der Waals surface area contributed by atoms with Crippen molar-refractivity contribution in [3.63, 3.8) is 0 Å². The van der Waals surface area contributed by atoms with Gasteiger partial charge in [-0.05, 0) is 69.1 Å². The lowest BCUT2D eigenvalue weighted by Gasteiger charge is -2.59. The Bertz CT molecular complexity index is 588. The summed E-state index contributed by atoms with van der Waals surface area (Å²) in [5.41, 5.74) is 2.96. The Labute approximate surface area is 175 Å². The summed E-state index contributed by atoms with van der Waals surface area (Å²) >= 11 is 0. The highest BCUT2D eigenvalue weighted by molar-refractivity contribution is 5.28. The van der Waals surface area contributed by atoms with Crippen molar-refractivity contribution in [1.82, 2.24) is 0 Å². The van der Waals surface area contributed by atoms with Crippen LogP contribution in [0.1, 0.15) is 100.0 Å². The van der Waals surface area contributed by atoms with Crippen LogP contribution in [0.5, 0.6) is 0 Å². The minimum atomic E-state index is -0.0694. The molecule has 0 aromatic carbocycles. The van der Waals surface area contributed by atoms with Crippen LogP contribution in [0.4, 0.5) is 0 Å². The second kappa shape index (κ2) is 10.0. The van der Waals surface area contributed by atoms with Gasteiger partial charge in [0, 0.05) is 16.7 Å². The van der Waals surface area contributed by atoms with Crippen molar-refractivity contribution in [1.29, 1.82) is 0 Å². The minimum Gasteiger partial charge on any atom is -0.493 e. The monoisotopic (exact) mass is 390 g/mol. The van der Waals surface area contributed by atoms with E-state index in [4.69, 9.17) is 9.15 Å². The maximum absolute atomic E-state index is 6.75. The third kappa shape index (κ3) is 3.94. The van der Waals surface area contributed by atoms with Crippen LogP contribution in [0.15, 0.2) is 34.8 Å². The first-order valence-corrected chi connectivity index (χ1v) is 11.5. The number of furan rings is 1. The standard InChI is InChI=1S/C21H40O.C5H6O/c1-10-18(16(6)7)21(19(9,11-2)12-3)20(13-4,14-5)17(8)15-22-21;1-5-2-3-6-4-5/h15-16,18H,10-14H2,1-9H3;2-4H,1H3. The van der Waals surface area contributed by atoms with Crippen molar-refractivity contribution in [2.24, 2.45) is 22.7 Å². The highest BCUT2D eigenvalue weighted by Gasteiger charge is 2.66. The molecule has 2 nitrogen and oxygen atoms in total. The molecule has 0 saturated heterocycles. The van der Waals surface area contributed by atoms with E-state index in [9.17, 15) is 0 Å². The van der Waals surface area contributed by atoms with Gasteiger partial charge >= 0.3 is 0 Å². The Morgan fingerprint density at radius 2 is 1.57 bits per heavy atom. The summed E-state index contributed by atoms with van der Waals surface area (Å²) in [5.74, 6) is 1.23. The zero-order valence-corrected chi connectivity index (χ0v) is 20.3. The van der Waals surface area contributed by atoms with Crippen LogP contribution in [0.3, 0.4) is 0 Å². The van der Waals surface area contributed by atoms with E-state index < -0.39 is 0 Å². The van der Waals surface area contributed by atoms with Crippen LogP contribution in [-0.2, 0) is 4.74 Å². The average molecular weight is 391 g/mol. The molecule has 0 spiro atoms. The van der Waals surface area contributed by atoms with Gasteiger partial charge in [-0.3, -0.25) is 0 Å². The van der Waals surface area contributed by atoms with Gasteiger partial charge in [0.05, 0.1) is 18.8 Å². The lowest BCUT2D eigenvalue weighted by molar-refractivity contribution is -0.193. The molecule has 1 aromatic rings. The molecule has 0 aliphatic carbocycles. The second-order valence-corrected chi connectivity index (χ2v) is 9.27. The molecular formula is C26H46O2. The van der Waals surface area contributed by atoms with E-state index in [1.165, 1.54) is 43.2 Å². The number of aryl methyl sites for hydroxylation is 1. The summed E-state index contributed by atoms with van der Waals surface area (Å²) in [4.78, 5) is 0. The lowest BCUT2D eigenvalue weighted by Crippen LogP contribution is -2.62. The molecule has 28 heavy (non-hydrogen) atoms. The first-order chi connectivity index (χ1) is 13.2. The normalized spacial score (nSPS) is 22.3. The summed E-state index contributed by atoms with van der Waals surface area (Å²) in [6.45, 7) is 23.3. The molecular weight excluding hydrogens is 344 g/mol. The smallest absolute Gasteiger partial charge is 0.126 e. The predicted octanol–water partition coefficient (Wildman–Crippen LogP) is 8.56. The van der Waals surface area contributed by atoms with Gasteiger partial charge in [-0.25, -0.2) is 0 Å². The van der Waals surface area contributed by atoms with E-state index >= 15 is 0 Å². The average Bonchev–Trinajstić information content (AvgIpc) is 3.28. The van der Waals surface area contributed by atoms with E-state index in [1.807, 2.05) is 13.0 Å². The maximum atomic E-state index is 6.75. The van der Waals surface area contributed by atoms with E-state index in [2.05, 4.69) is 68.6 Å². The van der Waals surface area contributed by atoms with Crippen molar-refractivity contribution >= 4 is 0 Å². The number of rotatable bonds is 8.